The minimum atomic E-state index is -3.64. The molecule has 1 fully saturated rings. The number of rotatable bonds is 10. The van der Waals surface area contributed by atoms with Gasteiger partial charge in [-0.2, -0.15) is 0 Å². The summed E-state index contributed by atoms with van der Waals surface area (Å²) in [6.45, 7) is 8.13. The lowest BCUT2D eigenvalue weighted by atomic mass is 10.0. The SMILES string of the molecule is CCN(CC)C(CNC(=O)c1cc(S(=O)(=O)N(C)C)ccc1N1CCCC1)c1ccccc1. The molecule has 1 heterocycles. The molecule has 7 nitrogen and oxygen atoms in total. The summed E-state index contributed by atoms with van der Waals surface area (Å²) in [5, 5.41) is 3.10. The number of carbonyl (C=O) groups is 1. The molecule has 8 heteroatoms. The lowest BCUT2D eigenvalue weighted by Gasteiger charge is -2.30. The molecular formula is C25H36N4O3S. The number of benzene rings is 2. The smallest absolute Gasteiger partial charge is 0.253 e. The number of hydrogen-bond donors (Lipinski definition) is 1. The highest BCUT2D eigenvalue weighted by molar-refractivity contribution is 7.89. The van der Waals surface area contributed by atoms with Gasteiger partial charge in [-0.15, -0.1) is 0 Å². The number of carbonyl (C=O) groups excluding carboxylic acids is 1. The Kier molecular flexibility index (Phi) is 8.51. The molecule has 1 atom stereocenters. The average molecular weight is 473 g/mol. The summed E-state index contributed by atoms with van der Waals surface area (Å²) in [6, 6.07) is 15.1. The maximum absolute atomic E-state index is 13.4. The van der Waals surface area contributed by atoms with Crippen LogP contribution in [-0.4, -0.2) is 70.3 Å². The minimum Gasteiger partial charge on any atom is -0.371 e. The van der Waals surface area contributed by atoms with Crippen LogP contribution in [0.3, 0.4) is 0 Å². The second kappa shape index (κ2) is 11.1. The van der Waals surface area contributed by atoms with Crippen LogP contribution in [0.4, 0.5) is 5.69 Å². The molecule has 0 spiro atoms. The highest BCUT2D eigenvalue weighted by atomic mass is 32.2. The fourth-order valence-corrected chi connectivity index (χ4v) is 5.31. The molecule has 0 radical (unpaired) electrons. The summed E-state index contributed by atoms with van der Waals surface area (Å²) >= 11 is 0. The van der Waals surface area contributed by atoms with Gasteiger partial charge < -0.3 is 10.2 Å². The lowest BCUT2D eigenvalue weighted by molar-refractivity contribution is 0.0935. The van der Waals surface area contributed by atoms with Crippen molar-refractivity contribution in [3.05, 3.63) is 59.7 Å². The first kappa shape index (κ1) is 25.2. The summed E-state index contributed by atoms with van der Waals surface area (Å²) in [4.78, 5) is 18.0. The van der Waals surface area contributed by atoms with Crippen LogP contribution >= 0.6 is 0 Å². The molecule has 33 heavy (non-hydrogen) atoms. The highest BCUT2D eigenvalue weighted by Gasteiger charge is 2.26. The van der Waals surface area contributed by atoms with E-state index in [1.807, 2.05) is 18.2 Å². The van der Waals surface area contributed by atoms with E-state index in [0.717, 1.165) is 50.3 Å². The maximum Gasteiger partial charge on any atom is 0.253 e. The van der Waals surface area contributed by atoms with Crippen molar-refractivity contribution in [2.45, 2.75) is 37.6 Å². The van der Waals surface area contributed by atoms with Gasteiger partial charge in [0.25, 0.3) is 5.91 Å². The van der Waals surface area contributed by atoms with Crippen LogP contribution in [0.2, 0.25) is 0 Å². The minimum absolute atomic E-state index is 0.0362. The Morgan fingerprint density at radius 1 is 1.03 bits per heavy atom. The zero-order valence-electron chi connectivity index (χ0n) is 20.1. The first-order valence-corrected chi connectivity index (χ1v) is 13.1. The molecule has 0 bridgehead atoms. The number of nitrogens with one attached hydrogen (secondary N) is 1. The van der Waals surface area contributed by atoms with Crippen LogP contribution in [0.5, 0.6) is 0 Å². The summed E-state index contributed by atoms with van der Waals surface area (Å²) < 4.78 is 26.6. The van der Waals surface area contributed by atoms with Crippen molar-refractivity contribution >= 4 is 21.6 Å². The van der Waals surface area contributed by atoms with Crippen molar-refractivity contribution in [1.29, 1.82) is 0 Å². The van der Waals surface area contributed by atoms with Gasteiger partial charge in [0.1, 0.15) is 0 Å². The van der Waals surface area contributed by atoms with E-state index in [1.54, 1.807) is 12.1 Å². The van der Waals surface area contributed by atoms with E-state index in [0.29, 0.717) is 12.1 Å². The van der Waals surface area contributed by atoms with Crippen LogP contribution in [0.1, 0.15) is 48.7 Å². The van der Waals surface area contributed by atoms with E-state index in [1.165, 1.54) is 24.5 Å². The standard InChI is InChI=1S/C25H36N4O3S/c1-5-28(6-2)24(20-12-8-7-9-13-20)19-26-25(30)22-18-21(33(31,32)27(3)4)14-15-23(22)29-16-10-11-17-29/h7-9,12-15,18,24H,5-6,10-11,16-17,19H2,1-4H3,(H,26,30). The predicted octanol–water partition coefficient (Wildman–Crippen LogP) is 3.35. The van der Waals surface area contributed by atoms with Gasteiger partial charge in [0.15, 0.2) is 0 Å². The van der Waals surface area contributed by atoms with E-state index >= 15 is 0 Å². The Labute approximate surface area is 198 Å². The molecule has 1 amide bonds. The van der Waals surface area contributed by atoms with Gasteiger partial charge in [0.05, 0.1) is 16.5 Å². The number of sulfonamides is 1. The third kappa shape index (κ3) is 5.75. The van der Waals surface area contributed by atoms with Crippen LogP contribution in [0.25, 0.3) is 0 Å². The summed E-state index contributed by atoms with van der Waals surface area (Å²) in [5.74, 6) is -0.249. The van der Waals surface area contributed by atoms with Gasteiger partial charge in [-0.1, -0.05) is 44.2 Å². The van der Waals surface area contributed by atoms with Crippen LogP contribution in [0.15, 0.2) is 53.4 Å². The van der Waals surface area contributed by atoms with E-state index in [9.17, 15) is 13.2 Å². The zero-order chi connectivity index (χ0) is 24.0. The van der Waals surface area contributed by atoms with E-state index in [2.05, 4.69) is 41.1 Å². The molecule has 1 aliphatic rings. The summed E-state index contributed by atoms with van der Waals surface area (Å²) in [6.07, 6.45) is 2.13. The Morgan fingerprint density at radius 2 is 1.67 bits per heavy atom. The number of amides is 1. The summed E-state index contributed by atoms with van der Waals surface area (Å²) in [7, 11) is -0.646. The van der Waals surface area contributed by atoms with Crippen molar-refractivity contribution < 1.29 is 13.2 Å². The normalized spacial score (nSPS) is 15.3. The largest absolute Gasteiger partial charge is 0.371 e. The monoisotopic (exact) mass is 472 g/mol. The van der Waals surface area contributed by atoms with Gasteiger partial charge in [-0.3, -0.25) is 9.69 Å². The van der Waals surface area contributed by atoms with Gasteiger partial charge in [0, 0.05) is 39.4 Å². The molecule has 180 valence electrons. The highest BCUT2D eigenvalue weighted by Crippen LogP contribution is 2.28. The Balaban J connectivity index is 1.92. The Hall–Kier alpha value is -2.42. The molecular weight excluding hydrogens is 436 g/mol. The van der Waals surface area contributed by atoms with Crippen molar-refractivity contribution in [3.63, 3.8) is 0 Å². The first-order valence-electron chi connectivity index (χ1n) is 11.7. The average Bonchev–Trinajstić information content (AvgIpc) is 3.36. The molecule has 1 saturated heterocycles. The van der Waals surface area contributed by atoms with E-state index < -0.39 is 10.0 Å². The predicted molar refractivity (Wildman–Crippen MR) is 133 cm³/mol. The maximum atomic E-state index is 13.4. The van der Waals surface area contributed by atoms with Crippen molar-refractivity contribution in [1.82, 2.24) is 14.5 Å². The van der Waals surface area contributed by atoms with Gasteiger partial charge in [-0.25, -0.2) is 12.7 Å². The Bertz CT molecular complexity index is 1030. The van der Waals surface area contributed by atoms with E-state index in [-0.39, 0.29) is 16.8 Å². The number of nitrogens with zero attached hydrogens (tertiary/aromatic N) is 3. The number of hydrogen-bond acceptors (Lipinski definition) is 5. The zero-order valence-corrected chi connectivity index (χ0v) is 20.9. The van der Waals surface area contributed by atoms with Gasteiger partial charge in [0.2, 0.25) is 10.0 Å². The van der Waals surface area contributed by atoms with E-state index in [4.69, 9.17) is 0 Å². The quantitative estimate of drug-likeness (QED) is 0.574. The molecule has 1 aliphatic heterocycles. The number of anilines is 1. The third-order valence-corrected chi connectivity index (χ3v) is 8.14. The van der Waals surface area contributed by atoms with Crippen molar-refractivity contribution in [2.75, 3.05) is 51.7 Å². The van der Waals surface area contributed by atoms with Crippen molar-refractivity contribution in [2.24, 2.45) is 0 Å². The molecule has 0 aromatic heterocycles. The van der Waals surface area contributed by atoms with Crippen LogP contribution in [-0.2, 0) is 10.0 Å². The van der Waals surface area contributed by atoms with Crippen molar-refractivity contribution in [3.8, 4) is 0 Å². The third-order valence-electron chi connectivity index (χ3n) is 6.33. The second-order valence-corrected chi connectivity index (χ2v) is 10.7. The molecule has 2 aromatic carbocycles. The molecule has 2 aromatic rings. The molecule has 3 rings (SSSR count). The molecule has 0 saturated carbocycles. The van der Waals surface area contributed by atoms with Gasteiger partial charge in [-0.05, 0) is 49.7 Å². The lowest BCUT2D eigenvalue weighted by Crippen LogP contribution is -2.38. The second-order valence-electron chi connectivity index (χ2n) is 8.52. The summed E-state index contributed by atoms with van der Waals surface area (Å²) in [5.41, 5.74) is 2.35. The first-order chi connectivity index (χ1) is 15.8. The Morgan fingerprint density at radius 3 is 2.24 bits per heavy atom. The van der Waals surface area contributed by atoms with Crippen LogP contribution < -0.4 is 10.2 Å². The fourth-order valence-electron chi connectivity index (χ4n) is 4.38. The van der Waals surface area contributed by atoms with Crippen LogP contribution in [0, 0.1) is 0 Å². The number of likely N-dealkylation sites (N-methyl/N-ethyl adjacent to an activating group) is 1. The molecule has 1 N–H and O–H groups in total. The molecule has 1 unspecified atom stereocenters. The topological polar surface area (TPSA) is 73.0 Å². The molecule has 0 aliphatic carbocycles. The fraction of sp³-hybridized carbons (Fsp3) is 0.480. The van der Waals surface area contributed by atoms with Gasteiger partial charge >= 0.3 is 0 Å².